The molecule has 2 heteroatoms. The fourth-order valence-electron chi connectivity index (χ4n) is 2.47. The van der Waals surface area contributed by atoms with Crippen LogP contribution in [-0.2, 0) is 6.54 Å². The van der Waals surface area contributed by atoms with E-state index in [2.05, 4.69) is 55.6 Å². The minimum Gasteiger partial charge on any atom is -0.494 e. The maximum atomic E-state index is 5.79. The summed E-state index contributed by atoms with van der Waals surface area (Å²) in [5, 5.41) is 3.44. The van der Waals surface area contributed by atoms with E-state index in [1.807, 2.05) is 12.1 Å². The molecule has 2 aromatic carbocycles. The Kier molecular flexibility index (Phi) is 7.51. The lowest BCUT2D eigenvalue weighted by atomic mass is 10.1. The fraction of sp³-hybridized carbons (Fsp3) is 0.429. The van der Waals surface area contributed by atoms with Gasteiger partial charge in [-0.2, -0.15) is 0 Å². The smallest absolute Gasteiger partial charge is 0.119 e. The van der Waals surface area contributed by atoms with Crippen LogP contribution in [0.3, 0.4) is 0 Å². The number of hydrogen-bond donors (Lipinski definition) is 1. The highest BCUT2D eigenvalue weighted by molar-refractivity contribution is 5.46. The molecule has 0 aliphatic rings. The summed E-state index contributed by atoms with van der Waals surface area (Å²) < 4.78 is 5.79. The summed E-state index contributed by atoms with van der Waals surface area (Å²) >= 11 is 0. The van der Waals surface area contributed by atoms with Crippen molar-refractivity contribution < 1.29 is 4.74 Å². The molecule has 1 N–H and O–H groups in total. The molecule has 2 rings (SSSR count). The second-order valence-corrected chi connectivity index (χ2v) is 6.13. The van der Waals surface area contributed by atoms with Crippen molar-refractivity contribution in [1.82, 2.24) is 0 Å². The summed E-state index contributed by atoms with van der Waals surface area (Å²) in [4.78, 5) is 0. The van der Waals surface area contributed by atoms with Crippen LogP contribution in [0.15, 0.2) is 48.5 Å². The topological polar surface area (TPSA) is 21.3 Å². The van der Waals surface area contributed by atoms with Gasteiger partial charge in [0.25, 0.3) is 0 Å². The largest absolute Gasteiger partial charge is 0.494 e. The molecule has 0 aromatic heterocycles. The minimum atomic E-state index is 0.819. The quantitative estimate of drug-likeness (QED) is 0.547. The molecule has 0 saturated heterocycles. The van der Waals surface area contributed by atoms with Crippen molar-refractivity contribution in [2.45, 2.75) is 52.5 Å². The maximum absolute atomic E-state index is 5.79. The van der Waals surface area contributed by atoms with Gasteiger partial charge in [-0.15, -0.1) is 0 Å². The highest BCUT2D eigenvalue weighted by Crippen LogP contribution is 2.17. The lowest BCUT2D eigenvalue weighted by Crippen LogP contribution is -2.00. The lowest BCUT2D eigenvalue weighted by molar-refractivity contribution is 0.304. The number of ether oxygens (including phenoxy) is 1. The predicted octanol–water partition coefficient (Wildman–Crippen LogP) is 5.96. The van der Waals surface area contributed by atoms with Crippen LogP contribution in [0.25, 0.3) is 0 Å². The van der Waals surface area contributed by atoms with Crippen molar-refractivity contribution in [3.8, 4) is 5.75 Å². The van der Waals surface area contributed by atoms with Crippen LogP contribution in [0, 0.1) is 6.92 Å². The van der Waals surface area contributed by atoms with Gasteiger partial charge in [0, 0.05) is 12.2 Å². The molecular weight excluding hydrogens is 282 g/mol. The first-order chi connectivity index (χ1) is 11.3. The number of anilines is 1. The van der Waals surface area contributed by atoms with Crippen LogP contribution in [-0.4, -0.2) is 6.61 Å². The molecule has 0 heterocycles. The van der Waals surface area contributed by atoms with Crippen molar-refractivity contribution >= 4 is 5.69 Å². The maximum Gasteiger partial charge on any atom is 0.119 e. The van der Waals surface area contributed by atoms with Gasteiger partial charge in [0.1, 0.15) is 5.75 Å². The van der Waals surface area contributed by atoms with Crippen LogP contribution in [0.1, 0.15) is 50.2 Å². The molecule has 23 heavy (non-hydrogen) atoms. The Morgan fingerprint density at radius 3 is 2.22 bits per heavy atom. The molecule has 0 saturated carbocycles. The highest BCUT2D eigenvalue weighted by atomic mass is 16.5. The molecule has 0 fully saturated rings. The first kappa shape index (κ1) is 17.4. The van der Waals surface area contributed by atoms with Gasteiger partial charge in [-0.1, -0.05) is 62.4 Å². The molecule has 124 valence electrons. The Labute approximate surface area is 140 Å². The van der Waals surface area contributed by atoms with E-state index in [0.717, 1.165) is 31.0 Å². The van der Waals surface area contributed by atoms with Gasteiger partial charge in [0.05, 0.1) is 6.61 Å². The van der Waals surface area contributed by atoms with Crippen LogP contribution in [0.2, 0.25) is 0 Å². The van der Waals surface area contributed by atoms with E-state index in [9.17, 15) is 0 Å². The minimum absolute atomic E-state index is 0.819. The highest BCUT2D eigenvalue weighted by Gasteiger charge is 1.97. The Morgan fingerprint density at radius 1 is 0.826 bits per heavy atom. The summed E-state index contributed by atoms with van der Waals surface area (Å²) in [6.07, 6.45) is 6.36. The van der Waals surface area contributed by atoms with Gasteiger partial charge in [-0.25, -0.2) is 0 Å². The van der Waals surface area contributed by atoms with Gasteiger partial charge < -0.3 is 10.1 Å². The van der Waals surface area contributed by atoms with E-state index >= 15 is 0 Å². The van der Waals surface area contributed by atoms with E-state index in [-0.39, 0.29) is 0 Å². The second-order valence-electron chi connectivity index (χ2n) is 6.13. The van der Waals surface area contributed by atoms with Gasteiger partial charge in [-0.3, -0.25) is 0 Å². The third-order valence-electron chi connectivity index (χ3n) is 3.99. The number of benzene rings is 2. The molecule has 0 spiro atoms. The number of unbranched alkanes of at least 4 members (excludes halogenated alkanes) is 4. The number of rotatable bonds is 10. The zero-order valence-corrected chi connectivity index (χ0v) is 14.5. The van der Waals surface area contributed by atoms with Gasteiger partial charge in [0.15, 0.2) is 0 Å². The average Bonchev–Trinajstić information content (AvgIpc) is 2.58. The Bertz CT molecular complexity index is 545. The Hall–Kier alpha value is -1.96. The molecule has 0 bridgehead atoms. The number of nitrogens with one attached hydrogen (secondary N) is 1. The summed E-state index contributed by atoms with van der Waals surface area (Å²) in [6, 6.07) is 16.9. The van der Waals surface area contributed by atoms with E-state index in [4.69, 9.17) is 4.74 Å². The van der Waals surface area contributed by atoms with Gasteiger partial charge in [0.2, 0.25) is 0 Å². The molecule has 0 aliphatic carbocycles. The van der Waals surface area contributed by atoms with Crippen molar-refractivity contribution in [3.63, 3.8) is 0 Å². The summed E-state index contributed by atoms with van der Waals surface area (Å²) in [5.41, 5.74) is 3.72. The molecular formula is C21H29NO. The molecule has 0 atom stereocenters. The predicted molar refractivity (Wildman–Crippen MR) is 99.2 cm³/mol. The van der Waals surface area contributed by atoms with Gasteiger partial charge in [-0.05, 0) is 43.2 Å². The lowest BCUT2D eigenvalue weighted by Gasteiger charge is -2.09. The van der Waals surface area contributed by atoms with Crippen molar-refractivity contribution in [2.24, 2.45) is 0 Å². The van der Waals surface area contributed by atoms with Crippen molar-refractivity contribution in [1.29, 1.82) is 0 Å². The molecule has 2 nitrogen and oxygen atoms in total. The van der Waals surface area contributed by atoms with E-state index in [1.54, 1.807) is 0 Å². The SMILES string of the molecule is CCCCCCCOc1ccc(NCc2ccc(C)cc2)cc1. The van der Waals surface area contributed by atoms with Crippen LogP contribution < -0.4 is 10.1 Å². The molecule has 2 aromatic rings. The monoisotopic (exact) mass is 311 g/mol. The average molecular weight is 311 g/mol. The van der Waals surface area contributed by atoms with Crippen molar-refractivity contribution in [3.05, 3.63) is 59.7 Å². The molecule has 0 unspecified atom stereocenters. The fourth-order valence-corrected chi connectivity index (χ4v) is 2.47. The molecule has 0 radical (unpaired) electrons. The zero-order valence-electron chi connectivity index (χ0n) is 14.5. The number of aryl methyl sites for hydroxylation is 1. The van der Waals surface area contributed by atoms with E-state index in [1.165, 1.54) is 36.8 Å². The third-order valence-corrected chi connectivity index (χ3v) is 3.99. The van der Waals surface area contributed by atoms with E-state index in [0.29, 0.717) is 0 Å². The standard InChI is InChI=1S/C21H29NO/c1-3-4-5-6-7-16-23-21-14-12-20(13-15-21)22-17-19-10-8-18(2)9-11-19/h8-15,22H,3-7,16-17H2,1-2H3. The summed E-state index contributed by atoms with van der Waals surface area (Å²) in [5.74, 6) is 0.960. The van der Waals surface area contributed by atoms with Crippen LogP contribution in [0.4, 0.5) is 5.69 Å². The van der Waals surface area contributed by atoms with Crippen LogP contribution in [0.5, 0.6) is 5.75 Å². The Morgan fingerprint density at radius 2 is 1.52 bits per heavy atom. The van der Waals surface area contributed by atoms with Gasteiger partial charge >= 0.3 is 0 Å². The number of hydrogen-bond acceptors (Lipinski definition) is 2. The van der Waals surface area contributed by atoms with Crippen molar-refractivity contribution in [2.75, 3.05) is 11.9 Å². The third kappa shape index (κ3) is 6.77. The summed E-state index contributed by atoms with van der Waals surface area (Å²) in [7, 11) is 0. The molecule has 0 aliphatic heterocycles. The van der Waals surface area contributed by atoms with Crippen LogP contribution >= 0.6 is 0 Å². The first-order valence-electron chi connectivity index (χ1n) is 8.80. The summed E-state index contributed by atoms with van der Waals surface area (Å²) in [6.45, 7) is 6.02. The van der Waals surface area contributed by atoms with E-state index < -0.39 is 0 Å². The second kappa shape index (κ2) is 9.94. The zero-order chi connectivity index (χ0) is 16.3. The Balaban J connectivity index is 1.68. The molecule has 0 amide bonds. The normalized spacial score (nSPS) is 10.5. The first-order valence-corrected chi connectivity index (χ1v) is 8.80.